The number of hydrogen-bond acceptors (Lipinski definition) is 3. The SMILES string of the molecule is Br.Br.Br.N.N.N.[Br-].[Br-].[Br-].[Br-].[Br-].[Br-].[Br-].[Br-].[Br-].[Br-].[Br-].[Br-].[Br-].[Br-].[Br-].[Ir].[Ir].[Ir]. The summed E-state index contributed by atoms with van der Waals surface area (Å²) < 4.78 is 0. The van der Waals surface area contributed by atoms with Crippen LogP contribution in [0.5, 0.6) is 0 Å². The molecule has 0 heterocycles. The Morgan fingerprint density at radius 2 is 0.167 bits per heavy atom. The Balaban J connectivity index is 0. The second-order valence-electron chi connectivity index (χ2n) is 0. The van der Waals surface area contributed by atoms with Gasteiger partial charge in [-0.1, -0.05) is 0 Å². The molecule has 0 aromatic carbocycles. The molecule has 0 fully saturated rings. The van der Waals surface area contributed by atoms with E-state index in [1.54, 1.807) is 0 Å². The fourth-order valence-electron chi connectivity index (χ4n) is 0. The van der Waals surface area contributed by atoms with Crippen molar-refractivity contribution in [2.24, 2.45) is 0 Å². The zero-order valence-corrected chi connectivity index (χ0v) is 46.1. The fraction of sp³-hybridized carbons (Fsp3) is 0. The van der Waals surface area contributed by atoms with Crippen molar-refractivity contribution in [3.05, 3.63) is 0 Å². The summed E-state index contributed by atoms with van der Waals surface area (Å²) in [5, 5.41) is 0. The van der Waals surface area contributed by atoms with E-state index in [2.05, 4.69) is 0 Å². The van der Waals surface area contributed by atoms with Gasteiger partial charge in [-0.3, -0.25) is 0 Å². The molecule has 0 spiro atoms. The van der Waals surface area contributed by atoms with Crippen LogP contribution in [-0.2, 0) is 60.3 Å². The van der Waals surface area contributed by atoms with E-state index < -0.39 is 0 Å². The molecule has 0 rings (SSSR count). The molecule has 0 saturated carbocycles. The minimum atomic E-state index is 0. The molecule has 0 atom stereocenters. The fourth-order valence-corrected chi connectivity index (χ4v) is 0. The predicted octanol–water partition coefficient (Wildman–Crippen LogP) is -42.7. The molecule has 24 heavy (non-hydrogen) atoms. The van der Waals surface area contributed by atoms with Crippen molar-refractivity contribution in [2.75, 3.05) is 0 Å². The van der Waals surface area contributed by atoms with Crippen LogP contribution in [0.4, 0.5) is 0 Å². The molecule has 0 aliphatic heterocycles. The van der Waals surface area contributed by atoms with Crippen LogP contribution in [0.15, 0.2) is 0 Å². The first-order valence-electron chi connectivity index (χ1n) is 0. The molecule has 0 aliphatic carbocycles. The van der Waals surface area contributed by atoms with Crippen molar-refractivity contribution in [1.29, 1.82) is 0 Å². The zero-order chi connectivity index (χ0) is 0. The van der Waals surface area contributed by atoms with Crippen molar-refractivity contribution < 1.29 is 315 Å². The van der Waals surface area contributed by atoms with E-state index in [0.717, 1.165) is 0 Å². The van der Waals surface area contributed by atoms with Crippen LogP contribution in [0.25, 0.3) is 0 Å². The number of halogens is 18. The molecule has 9 N–H and O–H groups in total. The van der Waals surface area contributed by atoms with Crippen LogP contribution in [0.3, 0.4) is 0 Å². The van der Waals surface area contributed by atoms with Crippen LogP contribution in [-0.4, -0.2) is 0 Å². The minimum absolute atomic E-state index is 0. The van der Waals surface area contributed by atoms with E-state index in [0.29, 0.717) is 0 Å². The van der Waals surface area contributed by atoms with E-state index in [9.17, 15) is 0 Å². The molecule has 0 aromatic rings. The van der Waals surface area contributed by atoms with Gasteiger partial charge in [0.25, 0.3) is 0 Å². The number of hydrogen-bond donors (Lipinski definition) is 3. The first-order valence-corrected chi connectivity index (χ1v) is 0. The van der Waals surface area contributed by atoms with E-state index >= 15 is 0 Å². The van der Waals surface area contributed by atoms with Crippen LogP contribution in [0, 0.1) is 0 Å². The summed E-state index contributed by atoms with van der Waals surface area (Å²) in [6.07, 6.45) is 0. The van der Waals surface area contributed by atoms with Crippen molar-refractivity contribution in [1.82, 2.24) is 18.5 Å². The van der Waals surface area contributed by atoms with E-state index in [-0.39, 0.29) is 384 Å². The topological polar surface area (TPSA) is 105 Å². The van der Waals surface area contributed by atoms with Crippen molar-refractivity contribution in [3.63, 3.8) is 0 Å². The second-order valence-corrected chi connectivity index (χ2v) is 0. The Bertz CT molecular complexity index is 25.5. The van der Waals surface area contributed by atoms with Gasteiger partial charge in [-0.25, -0.2) is 0 Å². The van der Waals surface area contributed by atoms with E-state index in [1.807, 2.05) is 0 Å². The zero-order valence-electron chi connectivity index (χ0n) is 10.0. The van der Waals surface area contributed by atoms with Crippen molar-refractivity contribution in [2.45, 2.75) is 0 Å². The van der Waals surface area contributed by atoms with Crippen molar-refractivity contribution >= 4 is 50.9 Å². The van der Waals surface area contributed by atoms with Gasteiger partial charge in [0, 0.05) is 60.3 Å². The Hall–Kier alpha value is 10.5. The van der Waals surface area contributed by atoms with Gasteiger partial charge in [-0.2, -0.15) is 0 Å². The molecular formula is H12Br18Ir3N3-15. The molecule has 3 radical (unpaired) electrons. The van der Waals surface area contributed by atoms with Crippen LogP contribution < -0.4 is 273 Å². The van der Waals surface area contributed by atoms with Crippen LogP contribution >= 0.6 is 50.9 Å². The maximum absolute atomic E-state index is 0. The van der Waals surface area contributed by atoms with Gasteiger partial charge in [-0.05, 0) is 0 Å². The summed E-state index contributed by atoms with van der Waals surface area (Å²) in [6.45, 7) is 0. The average Bonchev–Trinajstić information content (AvgIpc) is 0. The summed E-state index contributed by atoms with van der Waals surface area (Å²) in [5.41, 5.74) is 0. The Kier molecular flexibility index (Phi) is 4730. The normalized spacial score (nSPS) is 0. The van der Waals surface area contributed by atoms with Gasteiger partial charge in [0.05, 0.1) is 0 Å². The molecule has 3 nitrogen and oxygen atoms in total. The quantitative estimate of drug-likeness (QED) is 0.225. The van der Waals surface area contributed by atoms with Gasteiger partial charge in [-0.15, -0.1) is 50.9 Å². The summed E-state index contributed by atoms with van der Waals surface area (Å²) in [7, 11) is 0. The second kappa shape index (κ2) is 322. The van der Waals surface area contributed by atoms with Gasteiger partial charge in [0.2, 0.25) is 0 Å². The standard InChI is InChI=1S/18BrH.3Ir.3H3N/h18*1H;;;;3*1H3/p-15. The van der Waals surface area contributed by atoms with Gasteiger partial charge in [0.1, 0.15) is 0 Å². The van der Waals surface area contributed by atoms with Crippen LogP contribution in [0.2, 0.25) is 0 Å². The molecule has 0 aliphatic rings. The first-order chi connectivity index (χ1) is 0. The molecule has 195 valence electrons. The van der Waals surface area contributed by atoms with Crippen LogP contribution in [0.1, 0.15) is 0 Å². The summed E-state index contributed by atoms with van der Waals surface area (Å²) in [5.74, 6) is 0. The number of rotatable bonds is 0. The Labute approximate surface area is 375 Å². The molecule has 0 saturated heterocycles. The molecule has 0 amide bonds. The van der Waals surface area contributed by atoms with E-state index in [1.165, 1.54) is 0 Å². The smallest absolute Gasteiger partial charge is 0 e. The maximum atomic E-state index is 0. The third kappa shape index (κ3) is 293. The van der Waals surface area contributed by atoms with Gasteiger partial charge in [0.15, 0.2) is 0 Å². The van der Waals surface area contributed by atoms with Gasteiger partial charge >= 0.3 is 0 Å². The third-order valence-corrected chi connectivity index (χ3v) is 0. The summed E-state index contributed by atoms with van der Waals surface area (Å²) >= 11 is 0. The molecular weight excluding hydrogens is 2060 g/mol. The average molecular weight is 2070 g/mol. The predicted molar refractivity (Wildman–Crippen MR) is 46.0 cm³/mol. The molecule has 0 aromatic heterocycles. The summed E-state index contributed by atoms with van der Waals surface area (Å²) in [6, 6.07) is 0. The maximum Gasteiger partial charge on any atom is 0 e. The van der Waals surface area contributed by atoms with Crippen molar-refractivity contribution in [3.8, 4) is 0 Å². The minimum Gasteiger partial charge on any atom is -1.00 e. The largest absolute Gasteiger partial charge is 1.00 e. The summed E-state index contributed by atoms with van der Waals surface area (Å²) in [4.78, 5) is 0. The Morgan fingerprint density at radius 3 is 0.167 bits per heavy atom. The monoisotopic (exact) mass is 2050 g/mol. The van der Waals surface area contributed by atoms with Gasteiger partial charge < -0.3 is 273 Å². The molecule has 0 bridgehead atoms. The third-order valence-electron chi connectivity index (χ3n) is 0. The van der Waals surface area contributed by atoms with E-state index in [4.69, 9.17) is 0 Å². The first kappa shape index (κ1) is 352. The Morgan fingerprint density at radius 1 is 0.167 bits per heavy atom. The molecule has 0 unspecified atom stereocenters. The molecule has 24 heteroatoms.